The van der Waals surface area contributed by atoms with E-state index in [9.17, 15) is 9.59 Å². The number of methoxy groups -OCH3 is 1. The first-order valence-electron chi connectivity index (χ1n) is 12.5. The predicted octanol–water partition coefficient (Wildman–Crippen LogP) is 3.56. The van der Waals surface area contributed by atoms with Gasteiger partial charge in [0, 0.05) is 0 Å². The Morgan fingerprint density at radius 3 is 2.56 bits per heavy atom. The molecule has 0 spiro atoms. The number of rotatable bonds is 11. The summed E-state index contributed by atoms with van der Waals surface area (Å²) in [5, 5.41) is 4.67. The third-order valence-electron chi connectivity index (χ3n) is 6.18. The molecule has 0 saturated heterocycles. The van der Waals surface area contributed by atoms with E-state index in [1.54, 1.807) is 49.7 Å². The van der Waals surface area contributed by atoms with Crippen LogP contribution < -0.4 is 24.3 Å². The van der Waals surface area contributed by atoms with Gasteiger partial charge in [-0.15, -0.1) is 0 Å². The molecule has 7 nitrogen and oxygen atoms in total. The molecule has 1 amide bonds. The zero-order valence-electron chi connectivity index (χ0n) is 22.1. The number of ether oxygens (including phenoxy) is 1. The third kappa shape index (κ3) is 7.43. The summed E-state index contributed by atoms with van der Waals surface area (Å²) in [7, 11) is 5.66. The SMILES string of the molecule is COc1cc(C(=O)NCCCCN(C)C)ccc1[As]c1cc(Cc2c(Cl)cccc2Cl)nc2cc[nH]c(=O)c12. The summed E-state index contributed by atoms with van der Waals surface area (Å²) < 4.78 is 7.50. The van der Waals surface area contributed by atoms with E-state index in [4.69, 9.17) is 32.9 Å². The molecule has 0 atom stereocenters. The number of benzene rings is 2. The van der Waals surface area contributed by atoms with Gasteiger partial charge in [0.2, 0.25) is 0 Å². The summed E-state index contributed by atoms with van der Waals surface area (Å²) in [4.78, 5) is 35.2. The molecule has 4 aromatic rings. The van der Waals surface area contributed by atoms with Crippen LogP contribution in [0.4, 0.5) is 0 Å². The van der Waals surface area contributed by atoms with E-state index in [1.807, 2.05) is 26.2 Å². The maximum absolute atomic E-state index is 12.8. The Morgan fingerprint density at radius 2 is 1.85 bits per heavy atom. The van der Waals surface area contributed by atoms with E-state index in [-0.39, 0.29) is 11.5 Å². The second-order valence-electron chi connectivity index (χ2n) is 9.34. The van der Waals surface area contributed by atoms with Gasteiger partial charge in [-0.25, -0.2) is 0 Å². The molecule has 1 radical (unpaired) electrons. The minimum absolute atomic E-state index is 0.134. The number of pyridine rings is 2. The Morgan fingerprint density at radius 1 is 1.08 bits per heavy atom. The van der Waals surface area contributed by atoms with Crippen LogP contribution in [0.3, 0.4) is 0 Å². The number of carbonyl (C=O) groups is 1. The number of nitrogens with zero attached hydrogens (tertiary/aromatic N) is 2. The van der Waals surface area contributed by atoms with Gasteiger partial charge in [0.05, 0.1) is 0 Å². The maximum atomic E-state index is 12.8. The van der Waals surface area contributed by atoms with E-state index < -0.39 is 15.8 Å². The van der Waals surface area contributed by atoms with Gasteiger partial charge in [0.1, 0.15) is 0 Å². The van der Waals surface area contributed by atoms with Crippen LogP contribution in [0, 0.1) is 0 Å². The molecule has 0 unspecified atom stereocenters. The molecule has 0 bridgehead atoms. The fraction of sp³-hybridized carbons (Fsp3) is 0.276. The minimum atomic E-state index is -0.681. The molecular formula is C29H30AsCl2N4O3. The molecule has 0 fully saturated rings. The summed E-state index contributed by atoms with van der Waals surface area (Å²) in [5.74, 6) is 0.481. The standard InChI is InChI=1S/C29H30AsCl2N4O3/c1-36(2)14-5-4-12-33-28(37)18-9-10-21(26(15-18)39-3)30-22-17-19(16-20-23(31)7-6-8-24(20)32)35-25-11-13-34-29(38)27(22)25/h6-11,13,15,17H,4-5,12,14,16H2,1-3H3,(H,33,37)(H,34,38). The molecule has 2 heterocycles. The first kappa shape index (κ1) is 29.2. The molecular weight excluding hydrogens is 598 g/mol. The van der Waals surface area contributed by atoms with Crippen LogP contribution in [0.25, 0.3) is 10.9 Å². The molecule has 39 heavy (non-hydrogen) atoms. The van der Waals surface area contributed by atoms with Crippen molar-refractivity contribution in [2.75, 3.05) is 34.3 Å². The van der Waals surface area contributed by atoms with Gasteiger partial charge in [-0.3, -0.25) is 0 Å². The number of halogens is 2. The summed E-state index contributed by atoms with van der Waals surface area (Å²) >= 11 is 12.2. The Labute approximate surface area is 244 Å². The molecule has 2 N–H and O–H groups in total. The second kappa shape index (κ2) is 13.5. The van der Waals surface area contributed by atoms with Crippen LogP contribution in [0.2, 0.25) is 10.0 Å². The van der Waals surface area contributed by atoms with Gasteiger partial charge in [-0.1, -0.05) is 0 Å². The van der Waals surface area contributed by atoms with Crippen molar-refractivity contribution in [1.82, 2.24) is 20.2 Å². The van der Waals surface area contributed by atoms with Crippen molar-refractivity contribution in [3.05, 3.63) is 91.9 Å². The summed E-state index contributed by atoms with van der Waals surface area (Å²) in [6.07, 6.45) is 3.96. The Bertz CT molecular complexity index is 1520. The molecule has 4 rings (SSSR count). The number of aromatic amines is 1. The van der Waals surface area contributed by atoms with Gasteiger partial charge in [-0.2, -0.15) is 0 Å². The molecule has 0 aliphatic rings. The Hall–Kier alpha value is -2.83. The van der Waals surface area contributed by atoms with Crippen molar-refractivity contribution >= 4 is 64.5 Å². The van der Waals surface area contributed by atoms with Crippen molar-refractivity contribution in [3.63, 3.8) is 0 Å². The zero-order chi connectivity index (χ0) is 27.9. The molecule has 2 aromatic heterocycles. The number of nitrogens with one attached hydrogen (secondary N) is 2. The average molecular weight is 628 g/mol. The molecule has 2 aromatic carbocycles. The topological polar surface area (TPSA) is 87.3 Å². The van der Waals surface area contributed by atoms with Crippen molar-refractivity contribution in [2.45, 2.75) is 19.3 Å². The van der Waals surface area contributed by atoms with Crippen molar-refractivity contribution < 1.29 is 9.53 Å². The quantitative estimate of drug-likeness (QED) is 0.196. The first-order chi connectivity index (χ1) is 18.8. The monoisotopic (exact) mass is 627 g/mol. The van der Waals surface area contributed by atoms with Crippen LogP contribution in [-0.4, -0.2) is 70.8 Å². The molecule has 203 valence electrons. The van der Waals surface area contributed by atoms with Crippen molar-refractivity contribution in [1.29, 1.82) is 0 Å². The van der Waals surface area contributed by atoms with Gasteiger partial charge >= 0.3 is 245 Å². The van der Waals surface area contributed by atoms with Crippen LogP contribution in [0.5, 0.6) is 5.75 Å². The van der Waals surface area contributed by atoms with E-state index in [0.717, 1.165) is 39.3 Å². The van der Waals surface area contributed by atoms with E-state index in [1.165, 1.54) is 0 Å². The number of unbranched alkanes of at least 4 members (excludes halogenated alkanes) is 1. The number of fused-ring (bicyclic) bond motifs is 1. The Kier molecular flexibility index (Phi) is 10.1. The molecule has 0 aliphatic carbocycles. The predicted molar refractivity (Wildman–Crippen MR) is 160 cm³/mol. The van der Waals surface area contributed by atoms with Crippen molar-refractivity contribution in [3.8, 4) is 5.75 Å². The van der Waals surface area contributed by atoms with E-state index >= 15 is 0 Å². The van der Waals surface area contributed by atoms with Gasteiger partial charge in [-0.05, 0) is 0 Å². The second-order valence-corrected chi connectivity index (χ2v) is 12.6. The zero-order valence-corrected chi connectivity index (χ0v) is 25.4. The molecule has 10 heteroatoms. The van der Waals surface area contributed by atoms with Crippen LogP contribution in [0.1, 0.15) is 34.5 Å². The van der Waals surface area contributed by atoms with Crippen LogP contribution in [0.15, 0.2) is 59.5 Å². The van der Waals surface area contributed by atoms with Crippen molar-refractivity contribution in [2.24, 2.45) is 0 Å². The number of H-pyrrole nitrogens is 1. The van der Waals surface area contributed by atoms with E-state index in [0.29, 0.717) is 45.2 Å². The first-order valence-corrected chi connectivity index (χ1v) is 15.2. The molecule has 0 saturated carbocycles. The average Bonchev–Trinajstić information content (AvgIpc) is 2.90. The third-order valence-corrected chi connectivity index (χ3v) is 9.42. The number of hydrogen-bond donors (Lipinski definition) is 2. The number of aromatic nitrogens is 2. The number of amides is 1. The van der Waals surface area contributed by atoms with Gasteiger partial charge in [0.25, 0.3) is 0 Å². The van der Waals surface area contributed by atoms with Gasteiger partial charge < -0.3 is 0 Å². The summed E-state index contributed by atoms with van der Waals surface area (Å²) in [6.45, 7) is 1.60. The summed E-state index contributed by atoms with van der Waals surface area (Å²) in [5.41, 5.74) is 2.49. The molecule has 0 aliphatic heterocycles. The van der Waals surface area contributed by atoms with Gasteiger partial charge in [0.15, 0.2) is 0 Å². The fourth-order valence-corrected chi connectivity index (χ4v) is 7.27. The fourth-order valence-electron chi connectivity index (χ4n) is 4.18. The van der Waals surface area contributed by atoms with E-state index in [2.05, 4.69) is 15.2 Å². The Balaban J connectivity index is 1.61. The van der Waals surface area contributed by atoms with Crippen LogP contribution >= 0.6 is 23.2 Å². The number of hydrogen-bond acceptors (Lipinski definition) is 5. The summed E-state index contributed by atoms with van der Waals surface area (Å²) in [6, 6.07) is 14.6. The van der Waals surface area contributed by atoms with Crippen LogP contribution in [-0.2, 0) is 6.42 Å². The normalized spacial score (nSPS) is 11.5. The number of carbonyl (C=O) groups excluding carboxylic acids is 1.